The predicted molar refractivity (Wildman–Crippen MR) is 122 cm³/mol. The first-order chi connectivity index (χ1) is 15.6. The fourth-order valence-electron chi connectivity index (χ4n) is 4.45. The highest BCUT2D eigenvalue weighted by molar-refractivity contribution is 5.97. The third kappa shape index (κ3) is 4.06. The van der Waals surface area contributed by atoms with Crippen molar-refractivity contribution in [2.75, 3.05) is 26.2 Å². The van der Waals surface area contributed by atoms with E-state index in [9.17, 15) is 9.18 Å². The number of rotatable bonds is 5. The second kappa shape index (κ2) is 8.63. The predicted octanol–water partition coefficient (Wildman–Crippen LogP) is 4.69. The van der Waals surface area contributed by atoms with Gasteiger partial charge in [-0.05, 0) is 35.7 Å². The van der Waals surface area contributed by atoms with Crippen LogP contribution in [0.4, 0.5) is 4.39 Å². The number of halogens is 1. The van der Waals surface area contributed by atoms with Gasteiger partial charge in [-0.1, -0.05) is 36.4 Å². The van der Waals surface area contributed by atoms with Crippen molar-refractivity contribution >= 4 is 17.0 Å². The van der Waals surface area contributed by atoms with Crippen LogP contribution in [-0.2, 0) is 13.1 Å². The van der Waals surface area contributed by atoms with E-state index in [0.717, 1.165) is 29.8 Å². The molecule has 0 spiro atoms. The molecule has 5 rings (SSSR count). The van der Waals surface area contributed by atoms with Crippen molar-refractivity contribution in [2.24, 2.45) is 0 Å². The van der Waals surface area contributed by atoms with Gasteiger partial charge in [0.25, 0.3) is 5.91 Å². The molecule has 3 heterocycles. The van der Waals surface area contributed by atoms with E-state index in [4.69, 9.17) is 4.42 Å². The van der Waals surface area contributed by atoms with Crippen LogP contribution in [0.25, 0.3) is 11.1 Å². The summed E-state index contributed by atoms with van der Waals surface area (Å²) < 4.78 is 21.1. The molecular formula is C26H26FN3O2. The lowest BCUT2D eigenvalue weighted by atomic mass is 10.1. The fraction of sp³-hybridized carbons (Fsp3) is 0.269. The molecule has 0 atom stereocenters. The summed E-state index contributed by atoms with van der Waals surface area (Å²) in [5.41, 5.74) is 5.65. The number of carbonyl (C=O) groups excluding carboxylic acids is 1. The van der Waals surface area contributed by atoms with E-state index < -0.39 is 0 Å². The number of piperazine rings is 1. The summed E-state index contributed by atoms with van der Waals surface area (Å²) in [4.78, 5) is 17.6. The molecule has 2 aromatic carbocycles. The summed E-state index contributed by atoms with van der Waals surface area (Å²) in [6, 6.07) is 18.7. The number of amides is 1. The standard InChI is InChI=1S/C26H26FN3O2/c1-19-5-2-3-7-21(19)18-30-23-9-14-32-25(23)16-24(30)26(31)29-12-10-28(11-13-29)17-20-6-4-8-22(27)15-20/h2-9,14-16H,10-13,17-18H2,1H3. The smallest absolute Gasteiger partial charge is 0.270 e. The van der Waals surface area contributed by atoms with Crippen molar-refractivity contribution in [3.05, 3.63) is 95.1 Å². The van der Waals surface area contributed by atoms with Crippen LogP contribution in [-0.4, -0.2) is 46.5 Å². The molecule has 32 heavy (non-hydrogen) atoms. The lowest BCUT2D eigenvalue weighted by Gasteiger charge is -2.35. The van der Waals surface area contributed by atoms with Gasteiger partial charge in [0.2, 0.25) is 0 Å². The molecule has 1 fully saturated rings. The van der Waals surface area contributed by atoms with E-state index >= 15 is 0 Å². The third-order valence-electron chi connectivity index (χ3n) is 6.29. The van der Waals surface area contributed by atoms with Crippen LogP contribution in [0.2, 0.25) is 0 Å². The van der Waals surface area contributed by atoms with E-state index in [2.05, 4.69) is 28.5 Å². The molecule has 1 aliphatic heterocycles. The van der Waals surface area contributed by atoms with Crippen LogP contribution in [0.3, 0.4) is 0 Å². The van der Waals surface area contributed by atoms with E-state index in [-0.39, 0.29) is 11.7 Å². The van der Waals surface area contributed by atoms with Crippen molar-refractivity contribution in [3.8, 4) is 0 Å². The summed E-state index contributed by atoms with van der Waals surface area (Å²) in [5, 5.41) is 0. The van der Waals surface area contributed by atoms with E-state index in [1.807, 2.05) is 35.2 Å². The Balaban J connectivity index is 1.32. The maximum atomic E-state index is 13.5. The summed E-state index contributed by atoms with van der Waals surface area (Å²) in [6.07, 6.45) is 1.67. The first kappa shape index (κ1) is 20.5. The number of aryl methyl sites for hydroxylation is 1. The zero-order valence-corrected chi connectivity index (χ0v) is 18.1. The average molecular weight is 432 g/mol. The second-order valence-electron chi connectivity index (χ2n) is 8.41. The summed E-state index contributed by atoms with van der Waals surface area (Å²) >= 11 is 0. The first-order valence-corrected chi connectivity index (χ1v) is 11.0. The van der Waals surface area contributed by atoms with Crippen molar-refractivity contribution in [2.45, 2.75) is 20.0 Å². The molecule has 4 aromatic rings. The molecule has 1 saturated heterocycles. The number of aromatic nitrogens is 1. The Morgan fingerprint density at radius 2 is 1.78 bits per heavy atom. The number of furan rings is 1. The Kier molecular flexibility index (Phi) is 5.53. The van der Waals surface area contributed by atoms with Gasteiger partial charge in [0.05, 0.1) is 11.8 Å². The van der Waals surface area contributed by atoms with Gasteiger partial charge in [-0.2, -0.15) is 0 Å². The van der Waals surface area contributed by atoms with Crippen LogP contribution < -0.4 is 0 Å². The largest absolute Gasteiger partial charge is 0.463 e. The second-order valence-corrected chi connectivity index (χ2v) is 8.41. The topological polar surface area (TPSA) is 41.6 Å². The number of carbonyl (C=O) groups is 1. The van der Waals surface area contributed by atoms with Gasteiger partial charge in [0, 0.05) is 51.4 Å². The third-order valence-corrected chi connectivity index (χ3v) is 6.29. The van der Waals surface area contributed by atoms with E-state index in [1.165, 1.54) is 17.2 Å². The highest BCUT2D eigenvalue weighted by Crippen LogP contribution is 2.25. The van der Waals surface area contributed by atoms with Crippen molar-refractivity contribution in [3.63, 3.8) is 0 Å². The van der Waals surface area contributed by atoms with Crippen LogP contribution in [0.15, 0.2) is 71.3 Å². The molecule has 0 N–H and O–H groups in total. The lowest BCUT2D eigenvalue weighted by molar-refractivity contribution is 0.0619. The zero-order valence-electron chi connectivity index (χ0n) is 18.1. The molecular weight excluding hydrogens is 405 g/mol. The number of hydrogen-bond acceptors (Lipinski definition) is 3. The summed E-state index contributed by atoms with van der Waals surface area (Å²) in [6.45, 7) is 6.21. The SMILES string of the molecule is Cc1ccccc1Cn1c(C(=O)N2CCN(Cc3cccc(F)c3)CC2)cc2occc21. The minimum Gasteiger partial charge on any atom is -0.463 e. The highest BCUT2D eigenvalue weighted by Gasteiger charge is 2.26. The number of fused-ring (bicyclic) bond motifs is 1. The summed E-state index contributed by atoms with van der Waals surface area (Å²) in [5.74, 6) is -0.189. The van der Waals surface area contributed by atoms with Gasteiger partial charge >= 0.3 is 0 Å². The van der Waals surface area contributed by atoms with Crippen molar-refractivity contribution < 1.29 is 13.6 Å². The summed E-state index contributed by atoms with van der Waals surface area (Å²) in [7, 11) is 0. The van der Waals surface area contributed by atoms with Crippen LogP contribution in [0, 0.1) is 12.7 Å². The number of nitrogens with zero attached hydrogens (tertiary/aromatic N) is 3. The van der Waals surface area contributed by atoms with Gasteiger partial charge in [-0.3, -0.25) is 9.69 Å². The normalized spacial score (nSPS) is 14.9. The molecule has 1 amide bonds. The maximum absolute atomic E-state index is 13.5. The molecule has 0 aliphatic carbocycles. The van der Waals surface area contributed by atoms with Gasteiger partial charge in [0.15, 0.2) is 5.58 Å². The lowest BCUT2D eigenvalue weighted by Crippen LogP contribution is -2.48. The first-order valence-electron chi connectivity index (χ1n) is 11.0. The molecule has 0 saturated carbocycles. The maximum Gasteiger partial charge on any atom is 0.270 e. The van der Waals surface area contributed by atoms with Crippen LogP contribution in [0.1, 0.15) is 27.2 Å². The van der Waals surface area contributed by atoms with Crippen LogP contribution in [0.5, 0.6) is 0 Å². The van der Waals surface area contributed by atoms with Gasteiger partial charge < -0.3 is 13.9 Å². The Labute approximate surface area is 186 Å². The van der Waals surface area contributed by atoms with Gasteiger partial charge in [-0.15, -0.1) is 0 Å². The minimum absolute atomic E-state index is 0.0235. The number of benzene rings is 2. The Bertz CT molecular complexity index is 1250. The Hall–Kier alpha value is -3.38. The molecule has 2 aromatic heterocycles. The molecule has 0 bridgehead atoms. The molecule has 6 heteroatoms. The molecule has 1 aliphatic rings. The van der Waals surface area contributed by atoms with Crippen molar-refractivity contribution in [1.82, 2.24) is 14.4 Å². The molecule has 0 unspecified atom stereocenters. The van der Waals surface area contributed by atoms with Crippen LogP contribution >= 0.6 is 0 Å². The molecule has 0 radical (unpaired) electrons. The van der Waals surface area contributed by atoms with E-state index in [0.29, 0.717) is 31.9 Å². The molecule has 164 valence electrons. The molecule has 5 nitrogen and oxygen atoms in total. The fourth-order valence-corrected chi connectivity index (χ4v) is 4.45. The van der Waals surface area contributed by atoms with Gasteiger partial charge in [-0.25, -0.2) is 4.39 Å². The average Bonchev–Trinajstić information content (AvgIpc) is 3.38. The van der Waals surface area contributed by atoms with Gasteiger partial charge in [0.1, 0.15) is 11.5 Å². The Morgan fingerprint density at radius 3 is 2.56 bits per heavy atom. The number of hydrogen-bond donors (Lipinski definition) is 0. The zero-order chi connectivity index (χ0) is 22.1. The Morgan fingerprint density at radius 1 is 0.969 bits per heavy atom. The monoisotopic (exact) mass is 431 g/mol. The van der Waals surface area contributed by atoms with E-state index in [1.54, 1.807) is 18.4 Å². The minimum atomic E-state index is -0.213. The highest BCUT2D eigenvalue weighted by atomic mass is 19.1. The quantitative estimate of drug-likeness (QED) is 0.460. The van der Waals surface area contributed by atoms with Crippen molar-refractivity contribution in [1.29, 1.82) is 0 Å².